The summed E-state index contributed by atoms with van der Waals surface area (Å²) in [5.74, 6) is 0. The van der Waals surface area contributed by atoms with Crippen LogP contribution in [0, 0.1) is 5.21 Å². The number of hydrogen-bond acceptors (Lipinski definition) is 3. The van der Waals surface area contributed by atoms with Gasteiger partial charge in [-0.25, -0.2) is 0 Å². The Hall–Kier alpha value is -0.840. The molecule has 1 saturated heterocycles. The van der Waals surface area contributed by atoms with Crippen LogP contribution in [-0.4, -0.2) is 31.2 Å². The molecule has 82 valence electrons. The van der Waals surface area contributed by atoms with Gasteiger partial charge < -0.3 is 9.94 Å². The van der Waals surface area contributed by atoms with Gasteiger partial charge in [0.15, 0.2) is 6.20 Å². The molecule has 1 aromatic rings. The van der Waals surface area contributed by atoms with E-state index >= 15 is 0 Å². The maximum atomic E-state index is 11.2. The molecular formula is C10H13ClN2O2. The van der Waals surface area contributed by atoms with E-state index in [1.807, 2.05) is 6.07 Å². The van der Waals surface area contributed by atoms with Crippen molar-refractivity contribution < 1.29 is 9.47 Å². The predicted octanol–water partition coefficient (Wildman–Crippen LogP) is 0.806. The van der Waals surface area contributed by atoms with Crippen molar-refractivity contribution in [2.24, 2.45) is 0 Å². The molecule has 1 aliphatic heterocycles. The van der Waals surface area contributed by atoms with Crippen LogP contribution >= 0.6 is 11.6 Å². The molecule has 15 heavy (non-hydrogen) atoms. The molecule has 4 nitrogen and oxygen atoms in total. The number of pyridine rings is 1. The summed E-state index contributed by atoms with van der Waals surface area (Å²) >= 11 is 5.90. The normalized spacial score (nSPS) is 17.9. The molecule has 0 radical (unpaired) electrons. The zero-order valence-corrected chi connectivity index (χ0v) is 9.11. The van der Waals surface area contributed by atoms with E-state index in [1.165, 1.54) is 6.20 Å². The molecule has 0 amide bonds. The number of hydrogen-bond donors (Lipinski definition) is 0. The van der Waals surface area contributed by atoms with E-state index in [2.05, 4.69) is 4.90 Å². The van der Waals surface area contributed by atoms with Crippen molar-refractivity contribution in [3.63, 3.8) is 0 Å². The highest BCUT2D eigenvalue weighted by molar-refractivity contribution is 6.29. The van der Waals surface area contributed by atoms with Crippen molar-refractivity contribution in [1.29, 1.82) is 0 Å². The summed E-state index contributed by atoms with van der Waals surface area (Å²) in [6.07, 6.45) is 1.41. The molecule has 0 spiro atoms. The lowest BCUT2D eigenvalue weighted by Gasteiger charge is -2.26. The predicted molar refractivity (Wildman–Crippen MR) is 56.5 cm³/mol. The van der Waals surface area contributed by atoms with Crippen LogP contribution in [0.25, 0.3) is 0 Å². The summed E-state index contributed by atoms with van der Waals surface area (Å²) in [6, 6.07) is 3.60. The lowest BCUT2D eigenvalue weighted by atomic mass is 10.2. The highest BCUT2D eigenvalue weighted by Crippen LogP contribution is 2.13. The number of morpholine rings is 1. The minimum absolute atomic E-state index is 0.268. The summed E-state index contributed by atoms with van der Waals surface area (Å²) in [6.45, 7) is 4.00. The van der Waals surface area contributed by atoms with Crippen LogP contribution in [-0.2, 0) is 11.3 Å². The molecule has 0 aliphatic carbocycles. The van der Waals surface area contributed by atoms with Gasteiger partial charge in [0.05, 0.1) is 18.8 Å². The van der Waals surface area contributed by atoms with Gasteiger partial charge in [0.2, 0.25) is 0 Å². The van der Waals surface area contributed by atoms with E-state index in [0.29, 0.717) is 11.3 Å². The van der Waals surface area contributed by atoms with E-state index < -0.39 is 0 Å². The molecule has 5 heteroatoms. The highest BCUT2D eigenvalue weighted by atomic mass is 35.5. The van der Waals surface area contributed by atoms with Gasteiger partial charge in [-0.15, -0.1) is 0 Å². The number of halogens is 1. The third-order valence-corrected chi connectivity index (χ3v) is 2.88. The topological polar surface area (TPSA) is 39.4 Å². The Morgan fingerprint density at radius 2 is 2.20 bits per heavy atom. The second-order valence-corrected chi connectivity index (χ2v) is 3.90. The number of aromatic nitrogens is 1. The Balaban J connectivity index is 2.06. The Morgan fingerprint density at radius 3 is 2.93 bits per heavy atom. The largest absolute Gasteiger partial charge is 0.618 e. The first-order valence-electron chi connectivity index (χ1n) is 4.94. The fraction of sp³-hybridized carbons (Fsp3) is 0.500. The molecule has 2 rings (SSSR count). The van der Waals surface area contributed by atoms with Gasteiger partial charge >= 0.3 is 0 Å². The van der Waals surface area contributed by atoms with E-state index in [-0.39, 0.29) is 5.15 Å². The Labute approximate surface area is 93.6 Å². The van der Waals surface area contributed by atoms with Crippen LogP contribution in [0.1, 0.15) is 5.56 Å². The van der Waals surface area contributed by atoms with Crippen LogP contribution in [0.4, 0.5) is 0 Å². The second-order valence-electron chi connectivity index (χ2n) is 3.54. The van der Waals surface area contributed by atoms with Gasteiger partial charge in [0.25, 0.3) is 5.15 Å². The molecule has 1 aromatic heterocycles. The minimum Gasteiger partial charge on any atom is -0.618 e. The fourth-order valence-electron chi connectivity index (χ4n) is 1.63. The Bertz CT molecular complexity index is 340. The fourth-order valence-corrected chi connectivity index (χ4v) is 1.81. The minimum atomic E-state index is 0.268. The molecule has 2 heterocycles. The van der Waals surface area contributed by atoms with Crippen LogP contribution in [0.5, 0.6) is 0 Å². The smallest absolute Gasteiger partial charge is 0.290 e. The first-order chi connectivity index (χ1) is 7.27. The Morgan fingerprint density at radius 1 is 1.47 bits per heavy atom. The van der Waals surface area contributed by atoms with Crippen molar-refractivity contribution >= 4 is 11.6 Å². The van der Waals surface area contributed by atoms with Gasteiger partial charge in [-0.2, -0.15) is 4.73 Å². The molecule has 0 unspecified atom stereocenters. The zero-order valence-electron chi connectivity index (χ0n) is 8.36. The maximum Gasteiger partial charge on any atom is 0.290 e. The SMILES string of the molecule is [O-][n+]1cccc(CN2CCOCC2)c1Cl. The summed E-state index contributed by atoms with van der Waals surface area (Å²) in [4.78, 5) is 2.23. The van der Waals surface area contributed by atoms with Crippen LogP contribution in [0.15, 0.2) is 18.3 Å². The van der Waals surface area contributed by atoms with Crippen LogP contribution < -0.4 is 4.73 Å². The van der Waals surface area contributed by atoms with Gasteiger partial charge in [0.1, 0.15) is 0 Å². The first-order valence-corrected chi connectivity index (χ1v) is 5.32. The van der Waals surface area contributed by atoms with Gasteiger partial charge in [-0.1, -0.05) is 0 Å². The standard InChI is InChI=1S/C10H13ClN2O2/c11-10-9(2-1-3-13(10)14)8-12-4-6-15-7-5-12/h1-3H,4-8H2. The van der Waals surface area contributed by atoms with E-state index in [9.17, 15) is 5.21 Å². The molecule has 0 atom stereocenters. The lowest BCUT2D eigenvalue weighted by Crippen LogP contribution is -2.37. The molecule has 0 N–H and O–H groups in total. The third kappa shape index (κ3) is 2.59. The summed E-state index contributed by atoms with van der Waals surface area (Å²) < 4.78 is 5.94. The summed E-state index contributed by atoms with van der Waals surface area (Å²) in [5.41, 5.74) is 0.871. The monoisotopic (exact) mass is 228 g/mol. The van der Waals surface area contributed by atoms with Gasteiger partial charge in [-0.3, -0.25) is 4.90 Å². The first kappa shape index (κ1) is 10.7. The van der Waals surface area contributed by atoms with Crippen LogP contribution in [0.2, 0.25) is 5.15 Å². The molecule has 0 saturated carbocycles. The van der Waals surface area contributed by atoms with E-state index in [1.54, 1.807) is 6.07 Å². The van der Waals surface area contributed by atoms with Crippen molar-refractivity contribution in [1.82, 2.24) is 4.90 Å². The molecule has 0 bridgehead atoms. The van der Waals surface area contributed by atoms with Crippen molar-refractivity contribution in [2.45, 2.75) is 6.54 Å². The van der Waals surface area contributed by atoms with E-state index in [0.717, 1.165) is 31.9 Å². The Kier molecular flexibility index (Phi) is 3.41. The van der Waals surface area contributed by atoms with Crippen molar-refractivity contribution in [3.05, 3.63) is 34.3 Å². The molecule has 1 aliphatic rings. The summed E-state index contributed by atoms with van der Waals surface area (Å²) in [7, 11) is 0. The van der Waals surface area contributed by atoms with Gasteiger partial charge in [0, 0.05) is 25.7 Å². The third-order valence-electron chi connectivity index (χ3n) is 2.47. The number of rotatable bonds is 2. The quantitative estimate of drug-likeness (QED) is 0.427. The second kappa shape index (κ2) is 4.79. The van der Waals surface area contributed by atoms with Crippen LogP contribution in [0.3, 0.4) is 0 Å². The average molecular weight is 229 g/mol. The van der Waals surface area contributed by atoms with Crippen molar-refractivity contribution in [3.8, 4) is 0 Å². The van der Waals surface area contributed by atoms with Crippen molar-refractivity contribution in [2.75, 3.05) is 26.3 Å². The summed E-state index contributed by atoms with van der Waals surface area (Å²) in [5, 5.41) is 11.5. The number of nitrogens with zero attached hydrogens (tertiary/aromatic N) is 2. The highest BCUT2D eigenvalue weighted by Gasteiger charge is 2.15. The lowest BCUT2D eigenvalue weighted by molar-refractivity contribution is -0.603. The molecular weight excluding hydrogens is 216 g/mol. The molecule has 1 fully saturated rings. The van der Waals surface area contributed by atoms with Gasteiger partial charge in [-0.05, 0) is 17.7 Å². The van der Waals surface area contributed by atoms with E-state index in [4.69, 9.17) is 16.3 Å². The number of ether oxygens (including phenoxy) is 1. The molecule has 0 aromatic carbocycles. The average Bonchev–Trinajstić information content (AvgIpc) is 2.26. The zero-order chi connectivity index (χ0) is 10.7. The maximum absolute atomic E-state index is 11.2.